The highest BCUT2D eigenvalue weighted by Gasteiger charge is 2.21. The molecule has 156 valence electrons. The van der Waals surface area contributed by atoms with E-state index in [1.807, 2.05) is 87.5 Å². The van der Waals surface area contributed by atoms with Gasteiger partial charge in [0.2, 0.25) is 5.91 Å². The van der Waals surface area contributed by atoms with E-state index in [-0.39, 0.29) is 11.5 Å². The van der Waals surface area contributed by atoms with E-state index in [0.29, 0.717) is 16.1 Å². The van der Waals surface area contributed by atoms with Crippen molar-refractivity contribution in [1.82, 2.24) is 9.55 Å². The zero-order valence-electron chi connectivity index (χ0n) is 17.6. The number of para-hydroxylation sites is 2. The van der Waals surface area contributed by atoms with Crippen molar-refractivity contribution in [3.05, 3.63) is 94.3 Å². The van der Waals surface area contributed by atoms with Crippen LogP contribution in [-0.2, 0) is 4.79 Å². The highest BCUT2D eigenvalue weighted by atomic mass is 32.2. The maximum absolute atomic E-state index is 13.5. The average Bonchev–Trinajstić information content (AvgIpc) is 2.77. The van der Waals surface area contributed by atoms with Gasteiger partial charge in [-0.3, -0.25) is 14.2 Å². The number of nitrogens with zero attached hydrogens (tertiary/aromatic N) is 2. The lowest BCUT2D eigenvalue weighted by atomic mass is 10.1. The van der Waals surface area contributed by atoms with Crippen LogP contribution in [0.25, 0.3) is 16.6 Å². The Bertz CT molecular complexity index is 1320. The van der Waals surface area contributed by atoms with E-state index in [2.05, 4.69) is 5.32 Å². The minimum absolute atomic E-state index is 0.141. The number of benzene rings is 3. The Labute approximate surface area is 185 Å². The molecule has 1 atom stereocenters. The Morgan fingerprint density at radius 2 is 1.68 bits per heavy atom. The predicted octanol–water partition coefficient (Wildman–Crippen LogP) is 5.12. The summed E-state index contributed by atoms with van der Waals surface area (Å²) in [4.78, 5) is 31.0. The van der Waals surface area contributed by atoms with Gasteiger partial charge in [0, 0.05) is 5.69 Å². The summed E-state index contributed by atoms with van der Waals surface area (Å²) in [6, 6.07) is 22.5. The molecule has 6 heteroatoms. The number of nitrogens with one attached hydrogen (secondary N) is 1. The van der Waals surface area contributed by atoms with E-state index < -0.39 is 5.25 Å². The van der Waals surface area contributed by atoms with Crippen molar-refractivity contribution in [1.29, 1.82) is 0 Å². The number of thioether (sulfide) groups is 1. The van der Waals surface area contributed by atoms with E-state index in [9.17, 15) is 9.59 Å². The van der Waals surface area contributed by atoms with E-state index in [1.54, 1.807) is 10.6 Å². The Balaban J connectivity index is 1.78. The number of hydrogen-bond donors (Lipinski definition) is 1. The second kappa shape index (κ2) is 8.78. The SMILES string of the molecule is Cc1cccc(-n2c(S[C@H](C)C(=O)Nc3ccccc3)nc3ccccc3c2=O)c1C. The number of anilines is 1. The minimum atomic E-state index is -0.454. The van der Waals surface area contributed by atoms with Crippen molar-refractivity contribution in [3.8, 4) is 5.69 Å². The molecule has 0 unspecified atom stereocenters. The number of carbonyl (C=O) groups excluding carboxylic acids is 1. The first-order chi connectivity index (χ1) is 15.0. The first-order valence-corrected chi connectivity index (χ1v) is 10.9. The van der Waals surface area contributed by atoms with Crippen molar-refractivity contribution in [2.75, 3.05) is 5.32 Å². The second-order valence-electron chi connectivity index (χ2n) is 7.39. The lowest BCUT2D eigenvalue weighted by molar-refractivity contribution is -0.115. The third-order valence-corrected chi connectivity index (χ3v) is 6.31. The third kappa shape index (κ3) is 4.25. The van der Waals surface area contributed by atoms with Crippen molar-refractivity contribution in [3.63, 3.8) is 0 Å². The van der Waals surface area contributed by atoms with Gasteiger partial charge in [-0.15, -0.1) is 0 Å². The lowest BCUT2D eigenvalue weighted by Crippen LogP contribution is -2.26. The van der Waals surface area contributed by atoms with Crippen LogP contribution in [0.15, 0.2) is 82.7 Å². The normalized spacial score (nSPS) is 12.0. The predicted molar refractivity (Wildman–Crippen MR) is 127 cm³/mol. The average molecular weight is 430 g/mol. The molecule has 0 aliphatic carbocycles. The number of carbonyl (C=O) groups is 1. The standard InChI is InChI=1S/C25H23N3O2S/c1-16-10-9-15-22(17(16)2)28-24(30)20-13-7-8-14-21(20)27-25(28)31-18(3)23(29)26-19-11-5-4-6-12-19/h4-15,18H,1-3H3,(H,26,29)/t18-/m1/s1. The van der Waals surface area contributed by atoms with Crippen molar-refractivity contribution < 1.29 is 4.79 Å². The first-order valence-electron chi connectivity index (χ1n) is 10.1. The molecule has 0 aliphatic rings. The Hall–Kier alpha value is -3.38. The van der Waals surface area contributed by atoms with E-state index in [0.717, 1.165) is 22.5 Å². The zero-order chi connectivity index (χ0) is 22.0. The lowest BCUT2D eigenvalue weighted by Gasteiger charge is -2.18. The largest absolute Gasteiger partial charge is 0.325 e. The monoisotopic (exact) mass is 429 g/mol. The zero-order valence-corrected chi connectivity index (χ0v) is 18.4. The van der Waals surface area contributed by atoms with Gasteiger partial charge in [0.25, 0.3) is 5.56 Å². The molecule has 1 aromatic heterocycles. The van der Waals surface area contributed by atoms with Crippen LogP contribution in [-0.4, -0.2) is 20.7 Å². The molecule has 0 fully saturated rings. The molecule has 0 saturated heterocycles. The maximum atomic E-state index is 13.5. The van der Waals surface area contributed by atoms with Crippen molar-refractivity contribution in [2.45, 2.75) is 31.2 Å². The number of rotatable bonds is 5. The molecule has 1 amide bonds. The number of hydrogen-bond acceptors (Lipinski definition) is 4. The van der Waals surface area contributed by atoms with Gasteiger partial charge < -0.3 is 5.32 Å². The van der Waals surface area contributed by atoms with Crippen LogP contribution in [0.4, 0.5) is 5.69 Å². The second-order valence-corrected chi connectivity index (χ2v) is 8.69. The summed E-state index contributed by atoms with van der Waals surface area (Å²) in [6.07, 6.45) is 0. The van der Waals surface area contributed by atoms with E-state index in [1.165, 1.54) is 11.8 Å². The summed E-state index contributed by atoms with van der Waals surface area (Å²) in [5.74, 6) is -0.147. The molecule has 0 radical (unpaired) electrons. The van der Waals surface area contributed by atoms with Gasteiger partial charge in [0.1, 0.15) is 0 Å². The van der Waals surface area contributed by atoms with Gasteiger partial charge in [-0.2, -0.15) is 0 Å². The molecule has 31 heavy (non-hydrogen) atoms. The van der Waals surface area contributed by atoms with Crippen LogP contribution >= 0.6 is 11.8 Å². The molecule has 4 rings (SSSR count). The number of fused-ring (bicyclic) bond motifs is 1. The quantitative estimate of drug-likeness (QED) is 0.353. The van der Waals surface area contributed by atoms with E-state index >= 15 is 0 Å². The first kappa shape index (κ1) is 20.9. The summed E-state index contributed by atoms with van der Waals surface area (Å²) >= 11 is 1.28. The Kier molecular flexibility index (Phi) is 5.91. The summed E-state index contributed by atoms with van der Waals surface area (Å²) in [7, 11) is 0. The minimum Gasteiger partial charge on any atom is -0.325 e. The summed E-state index contributed by atoms with van der Waals surface area (Å²) in [5.41, 5.74) is 4.08. The summed E-state index contributed by atoms with van der Waals surface area (Å²) in [6.45, 7) is 5.82. The van der Waals surface area contributed by atoms with Gasteiger partial charge in [-0.1, -0.05) is 54.2 Å². The molecular weight excluding hydrogens is 406 g/mol. The highest BCUT2D eigenvalue weighted by Crippen LogP contribution is 2.27. The number of aryl methyl sites for hydroxylation is 1. The summed E-state index contributed by atoms with van der Waals surface area (Å²) < 4.78 is 1.63. The molecule has 3 aromatic carbocycles. The van der Waals surface area contributed by atoms with Crippen LogP contribution in [0.1, 0.15) is 18.1 Å². The van der Waals surface area contributed by atoms with Gasteiger partial charge >= 0.3 is 0 Å². The van der Waals surface area contributed by atoms with Crippen LogP contribution in [0.2, 0.25) is 0 Å². The molecule has 0 saturated carbocycles. The summed E-state index contributed by atoms with van der Waals surface area (Å²) in [5, 5.41) is 3.51. The van der Waals surface area contributed by atoms with Crippen LogP contribution in [0, 0.1) is 13.8 Å². The fourth-order valence-corrected chi connectivity index (χ4v) is 4.28. The van der Waals surface area contributed by atoms with Crippen LogP contribution < -0.4 is 10.9 Å². The fourth-order valence-electron chi connectivity index (χ4n) is 3.36. The van der Waals surface area contributed by atoms with E-state index in [4.69, 9.17) is 4.98 Å². The topological polar surface area (TPSA) is 64.0 Å². The smallest absolute Gasteiger partial charge is 0.266 e. The third-order valence-electron chi connectivity index (χ3n) is 5.25. The van der Waals surface area contributed by atoms with Gasteiger partial charge in [-0.05, 0) is 62.2 Å². The molecule has 1 heterocycles. The molecule has 0 spiro atoms. The van der Waals surface area contributed by atoms with Crippen LogP contribution in [0.3, 0.4) is 0 Å². The Morgan fingerprint density at radius 1 is 0.968 bits per heavy atom. The molecule has 5 nitrogen and oxygen atoms in total. The highest BCUT2D eigenvalue weighted by molar-refractivity contribution is 8.00. The maximum Gasteiger partial charge on any atom is 0.266 e. The molecule has 0 bridgehead atoms. The number of aromatic nitrogens is 2. The van der Waals surface area contributed by atoms with Crippen molar-refractivity contribution >= 4 is 34.3 Å². The van der Waals surface area contributed by atoms with Gasteiger partial charge in [0.15, 0.2) is 5.16 Å². The fraction of sp³-hybridized carbons (Fsp3) is 0.160. The molecule has 4 aromatic rings. The molecular formula is C25H23N3O2S. The molecule has 1 N–H and O–H groups in total. The number of amides is 1. The van der Waals surface area contributed by atoms with Gasteiger partial charge in [-0.25, -0.2) is 4.98 Å². The Morgan fingerprint density at radius 3 is 2.45 bits per heavy atom. The molecule has 0 aliphatic heterocycles. The van der Waals surface area contributed by atoms with Crippen LogP contribution in [0.5, 0.6) is 0 Å². The van der Waals surface area contributed by atoms with Gasteiger partial charge in [0.05, 0.1) is 21.8 Å². The van der Waals surface area contributed by atoms with Crippen molar-refractivity contribution in [2.24, 2.45) is 0 Å².